The molecule has 1 rings (SSSR count). The molecular weight excluding hydrogens is 266 g/mol. The molecule has 0 fully saturated rings. The van der Waals surface area contributed by atoms with E-state index >= 15 is 0 Å². The van der Waals surface area contributed by atoms with E-state index in [0.29, 0.717) is 0 Å². The molecule has 3 nitrogen and oxygen atoms in total. The van der Waals surface area contributed by atoms with Gasteiger partial charge in [-0.05, 0) is 39.1 Å². The number of halogens is 1. The second-order valence-electron chi connectivity index (χ2n) is 4.96. The average molecular weight is 290 g/mol. The normalized spacial score (nSPS) is 14.2. The highest BCUT2D eigenvalue weighted by Gasteiger charge is 2.33. The summed E-state index contributed by atoms with van der Waals surface area (Å²) >= 11 is 7.60. The van der Waals surface area contributed by atoms with Gasteiger partial charge in [-0.3, -0.25) is 16.2 Å². The van der Waals surface area contributed by atoms with E-state index < -0.39 is 0 Å². The molecule has 0 aliphatic carbocycles. The molecule has 104 valence electrons. The van der Waals surface area contributed by atoms with Crippen molar-refractivity contribution >= 4 is 22.9 Å². The van der Waals surface area contributed by atoms with Crippen LogP contribution in [-0.2, 0) is 6.42 Å². The molecule has 1 heterocycles. The van der Waals surface area contributed by atoms with Gasteiger partial charge in [0.25, 0.3) is 0 Å². The number of likely N-dealkylation sites (N-methyl/N-ethyl adjacent to an activating group) is 1. The first-order valence-electron chi connectivity index (χ1n) is 6.41. The highest BCUT2D eigenvalue weighted by atomic mass is 35.5. The van der Waals surface area contributed by atoms with E-state index in [4.69, 9.17) is 17.4 Å². The van der Waals surface area contributed by atoms with Gasteiger partial charge in [0.05, 0.1) is 4.34 Å². The van der Waals surface area contributed by atoms with Gasteiger partial charge in [-0.1, -0.05) is 25.4 Å². The molecule has 1 atom stereocenters. The molecule has 0 saturated heterocycles. The smallest absolute Gasteiger partial charge is 0.0931 e. The molecule has 3 N–H and O–H groups in total. The van der Waals surface area contributed by atoms with Crippen molar-refractivity contribution in [2.75, 3.05) is 13.1 Å². The summed E-state index contributed by atoms with van der Waals surface area (Å²) in [4.78, 5) is 3.69. The van der Waals surface area contributed by atoms with Crippen molar-refractivity contribution in [3.8, 4) is 0 Å². The number of hydrogen-bond donors (Lipinski definition) is 2. The van der Waals surface area contributed by atoms with Gasteiger partial charge in [0.15, 0.2) is 0 Å². The van der Waals surface area contributed by atoms with Gasteiger partial charge in [-0.25, -0.2) is 0 Å². The average Bonchev–Trinajstić information content (AvgIpc) is 2.72. The molecule has 0 saturated carbocycles. The lowest BCUT2D eigenvalue weighted by Crippen LogP contribution is -2.60. The van der Waals surface area contributed by atoms with Crippen LogP contribution in [0.25, 0.3) is 0 Å². The molecule has 0 radical (unpaired) electrons. The quantitative estimate of drug-likeness (QED) is 0.599. The Labute approximate surface area is 119 Å². The Morgan fingerprint density at radius 1 is 1.39 bits per heavy atom. The molecule has 1 unspecified atom stereocenters. The molecule has 0 aliphatic heterocycles. The summed E-state index contributed by atoms with van der Waals surface area (Å²) in [5.74, 6) is 5.76. The number of hydrazine groups is 1. The van der Waals surface area contributed by atoms with E-state index in [2.05, 4.69) is 44.1 Å². The van der Waals surface area contributed by atoms with Crippen LogP contribution < -0.4 is 11.3 Å². The Hall–Kier alpha value is -0.130. The Kier molecular flexibility index (Phi) is 6.08. The topological polar surface area (TPSA) is 41.3 Å². The molecular formula is C13H24ClN3S. The van der Waals surface area contributed by atoms with Crippen LogP contribution in [-0.4, -0.2) is 29.6 Å². The van der Waals surface area contributed by atoms with Crippen LogP contribution in [0.5, 0.6) is 0 Å². The maximum atomic E-state index is 5.97. The van der Waals surface area contributed by atoms with Gasteiger partial charge in [-0.2, -0.15) is 0 Å². The molecule has 0 bridgehead atoms. The van der Waals surface area contributed by atoms with Crippen molar-refractivity contribution in [3.63, 3.8) is 0 Å². The fourth-order valence-corrected chi connectivity index (χ4v) is 3.57. The zero-order chi connectivity index (χ0) is 13.8. The van der Waals surface area contributed by atoms with Crippen LogP contribution in [0.15, 0.2) is 12.1 Å². The number of nitrogens with one attached hydrogen (secondary N) is 1. The van der Waals surface area contributed by atoms with Crippen LogP contribution in [0.3, 0.4) is 0 Å². The van der Waals surface area contributed by atoms with Crippen LogP contribution in [0.2, 0.25) is 4.34 Å². The predicted molar refractivity (Wildman–Crippen MR) is 81.1 cm³/mol. The minimum absolute atomic E-state index is 0.00865. The maximum absolute atomic E-state index is 5.97. The summed E-state index contributed by atoms with van der Waals surface area (Å²) in [6, 6.07) is 4.22. The van der Waals surface area contributed by atoms with Crippen molar-refractivity contribution in [2.45, 2.75) is 45.7 Å². The summed E-state index contributed by atoms with van der Waals surface area (Å²) in [5, 5.41) is 0. The van der Waals surface area contributed by atoms with E-state index in [9.17, 15) is 0 Å². The summed E-state index contributed by atoms with van der Waals surface area (Å²) in [6.07, 6.45) is 0.900. The standard InChI is InChI=1S/C13H24ClN3S/c1-5-17(6-2)13(3,4)11(16-15)9-10-7-8-12(14)18-10/h7-8,11,16H,5-6,9,15H2,1-4H3. The third-order valence-electron chi connectivity index (χ3n) is 3.67. The fourth-order valence-electron chi connectivity index (χ4n) is 2.43. The van der Waals surface area contributed by atoms with E-state index in [-0.39, 0.29) is 11.6 Å². The van der Waals surface area contributed by atoms with E-state index in [0.717, 1.165) is 23.8 Å². The zero-order valence-corrected chi connectivity index (χ0v) is 13.2. The third-order valence-corrected chi connectivity index (χ3v) is 4.92. The maximum Gasteiger partial charge on any atom is 0.0931 e. The number of nitrogens with zero attached hydrogens (tertiary/aromatic N) is 1. The van der Waals surface area contributed by atoms with E-state index in [1.807, 2.05) is 6.07 Å². The number of hydrogen-bond acceptors (Lipinski definition) is 4. The van der Waals surface area contributed by atoms with E-state index in [1.165, 1.54) is 4.88 Å². The van der Waals surface area contributed by atoms with Crippen molar-refractivity contribution in [2.24, 2.45) is 5.84 Å². The first-order chi connectivity index (χ1) is 8.45. The number of rotatable bonds is 7. The lowest BCUT2D eigenvalue weighted by Gasteiger charge is -2.43. The van der Waals surface area contributed by atoms with Crippen molar-refractivity contribution in [1.82, 2.24) is 10.3 Å². The molecule has 1 aromatic heterocycles. The van der Waals surface area contributed by atoms with Gasteiger partial charge in [0, 0.05) is 22.9 Å². The number of nitrogens with two attached hydrogens (primary N) is 1. The predicted octanol–water partition coefficient (Wildman–Crippen LogP) is 2.90. The summed E-state index contributed by atoms with van der Waals surface area (Å²) in [7, 11) is 0. The summed E-state index contributed by atoms with van der Waals surface area (Å²) in [6.45, 7) is 10.9. The molecule has 1 aromatic rings. The Balaban J connectivity index is 2.81. The lowest BCUT2D eigenvalue weighted by atomic mass is 9.89. The van der Waals surface area contributed by atoms with Crippen molar-refractivity contribution < 1.29 is 0 Å². The zero-order valence-electron chi connectivity index (χ0n) is 11.7. The Morgan fingerprint density at radius 3 is 2.39 bits per heavy atom. The largest absolute Gasteiger partial charge is 0.297 e. The molecule has 0 aliphatic rings. The first-order valence-corrected chi connectivity index (χ1v) is 7.60. The monoisotopic (exact) mass is 289 g/mol. The van der Waals surface area contributed by atoms with Gasteiger partial charge in [0.2, 0.25) is 0 Å². The lowest BCUT2D eigenvalue weighted by molar-refractivity contribution is 0.0915. The highest BCUT2D eigenvalue weighted by Crippen LogP contribution is 2.26. The minimum Gasteiger partial charge on any atom is -0.297 e. The van der Waals surface area contributed by atoms with Gasteiger partial charge in [-0.15, -0.1) is 11.3 Å². The Morgan fingerprint density at radius 2 is 2.00 bits per heavy atom. The van der Waals surface area contributed by atoms with Gasteiger partial charge < -0.3 is 0 Å². The molecule has 5 heteroatoms. The highest BCUT2D eigenvalue weighted by molar-refractivity contribution is 7.16. The van der Waals surface area contributed by atoms with Gasteiger partial charge >= 0.3 is 0 Å². The van der Waals surface area contributed by atoms with Crippen molar-refractivity contribution in [1.29, 1.82) is 0 Å². The third kappa shape index (κ3) is 3.68. The number of thiophene rings is 1. The fraction of sp³-hybridized carbons (Fsp3) is 0.692. The molecule has 18 heavy (non-hydrogen) atoms. The van der Waals surface area contributed by atoms with Crippen molar-refractivity contribution in [3.05, 3.63) is 21.3 Å². The Bertz CT molecular complexity index is 361. The molecule has 0 aromatic carbocycles. The minimum atomic E-state index is 0.00865. The molecule has 0 amide bonds. The second-order valence-corrected chi connectivity index (χ2v) is 6.75. The van der Waals surface area contributed by atoms with Crippen LogP contribution in [0.1, 0.15) is 32.6 Å². The van der Waals surface area contributed by atoms with E-state index in [1.54, 1.807) is 11.3 Å². The summed E-state index contributed by atoms with van der Waals surface area (Å²) < 4.78 is 0.835. The van der Waals surface area contributed by atoms with Crippen LogP contribution in [0, 0.1) is 0 Å². The summed E-state index contributed by atoms with van der Waals surface area (Å²) in [5.41, 5.74) is 2.98. The van der Waals surface area contributed by atoms with Crippen LogP contribution >= 0.6 is 22.9 Å². The molecule has 0 spiro atoms. The second kappa shape index (κ2) is 6.87. The first kappa shape index (κ1) is 15.9. The van der Waals surface area contributed by atoms with Crippen LogP contribution in [0.4, 0.5) is 0 Å². The van der Waals surface area contributed by atoms with Gasteiger partial charge in [0.1, 0.15) is 0 Å². The SMILES string of the molecule is CCN(CC)C(C)(C)C(Cc1ccc(Cl)s1)NN.